The Morgan fingerprint density at radius 1 is 1.53 bits per heavy atom. The van der Waals surface area contributed by atoms with Gasteiger partial charge in [-0.15, -0.1) is 0 Å². The highest BCUT2D eigenvalue weighted by Gasteiger charge is 2.92. The van der Waals surface area contributed by atoms with E-state index < -0.39 is 15.9 Å². The Kier molecular flexibility index (Phi) is 2.61. The Labute approximate surface area is 116 Å². The third kappa shape index (κ3) is 1.13. The van der Waals surface area contributed by atoms with Crippen molar-refractivity contribution in [3.05, 3.63) is 0 Å². The topological polar surface area (TPSA) is 95.2 Å². The number of thioether (sulfide) groups is 1. The minimum Gasteiger partial charge on any atom is -0.386 e. The molecule has 3 rings (SSSR count). The molecule has 0 aromatic carbocycles. The van der Waals surface area contributed by atoms with Crippen LogP contribution in [0.4, 0.5) is 0 Å². The number of aliphatic imine (C=N–C) groups is 1. The van der Waals surface area contributed by atoms with E-state index in [1.54, 1.807) is 0 Å². The van der Waals surface area contributed by atoms with E-state index in [-0.39, 0.29) is 5.92 Å². The van der Waals surface area contributed by atoms with Gasteiger partial charge in [-0.05, 0) is 6.42 Å². The lowest BCUT2D eigenvalue weighted by Crippen LogP contribution is -2.34. The van der Waals surface area contributed by atoms with Gasteiger partial charge in [-0.1, -0.05) is 31.5 Å². The van der Waals surface area contributed by atoms with Gasteiger partial charge >= 0.3 is 0 Å². The number of nitrogens with two attached hydrogens (primary N) is 1. The lowest BCUT2D eigenvalue weighted by molar-refractivity contribution is 0.0163. The summed E-state index contributed by atoms with van der Waals surface area (Å²) < 4.78 is 5.78. The maximum absolute atomic E-state index is 9.75. The number of unbranched alkanes of at least 4 members (excludes halogenated alkanes) is 1. The Morgan fingerprint density at radius 2 is 2.32 bits per heavy atom. The SMILES string of the molecule is CCCC[C@H]1[C@@]2(C#N)[C@@]3(N=C(N)[C@@]12C#N)OCCS3. The Balaban J connectivity index is 2.06. The van der Waals surface area contributed by atoms with Crippen molar-refractivity contribution in [1.82, 2.24) is 0 Å². The zero-order chi connectivity index (χ0) is 13.7. The summed E-state index contributed by atoms with van der Waals surface area (Å²) in [5.74, 6) is 1.05. The van der Waals surface area contributed by atoms with Crippen molar-refractivity contribution in [3.8, 4) is 12.1 Å². The zero-order valence-corrected chi connectivity index (χ0v) is 11.7. The summed E-state index contributed by atoms with van der Waals surface area (Å²) >= 11 is 1.52. The summed E-state index contributed by atoms with van der Waals surface area (Å²) in [7, 11) is 0. The molecule has 0 radical (unpaired) electrons. The van der Waals surface area contributed by atoms with E-state index in [0.717, 1.165) is 25.0 Å². The average Bonchev–Trinajstić information content (AvgIpc) is 2.67. The second-order valence-corrected chi connectivity index (χ2v) is 6.56. The van der Waals surface area contributed by atoms with Crippen molar-refractivity contribution in [2.24, 2.45) is 27.5 Å². The maximum Gasteiger partial charge on any atom is 0.230 e. The predicted molar refractivity (Wildman–Crippen MR) is 71.9 cm³/mol. The fraction of sp³-hybridized carbons (Fsp3) is 0.769. The van der Waals surface area contributed by atoms with Gasteiger partial charge in [0.15, 0.2) is 0 Å². The average molecular weight is 276 g/mol. The molecule has 0 amide bonds. The zero-order valence-electron chi connectivity index (χ0n) is 10.8. The first-order valence-corrected chi connectivity index (χ1v) is 7.60. The van der Waals surface area contributed by atoms with Crippen LogP contribution in [0.3, 0.4) is 0 Å². The number of nitriles is 2. The number of hydrogen-bond acceptors (Lipinski definition) is 6. The van der Waals surface area contributed by atoms with Gasteiger partial charge in [-0.3, -0.25) is 0 Å². The van der Waals surface area contributed by atoms with Crippen molar-refractivity contribution in [2.45, 2.75) is 31.2 Å². The number of nitrogens with zero attached hydrogens (tertiary/aromatic N) is 3. The van der Waals surface area contributed by atoms with Gasteiger partial charge in [0.2, 0.25) is 5.06 Å². The van der Waals surface area contributed by atoms with Crippen molar-refractivity contribution >= 4 is 17.6 Å². The van der Waals surface area contributed by atoms with Gasteiger partial charge in [0.1, 0.15) is 16.7 Å². The van der Waals surface area contributed by atoms with Gasteiger partial charge < -0.3 is 10.5 Å². The minimum atomic E-state index is -0.931. The summed E-state index contributed by atoms with van der Waals surface area (Å²) in [6.45, 7) is 2.66. The smallest absolute Gasteiger partial charge is 0.230 e. The largest absolute Gasteiger partial charge is 0.386 e. The molecule has 1 aliphatic carbocycles. The minimum absolute atomic E-state index is 0.0435. The Bertz CT molecular complexity index is 528. The second kappa shape index (κ2) is 3.88. The van der Waals surface area contributed by atoms with Gasteiger partial charge in [-0.2, -0.15) is 10.5 Å². The van der Waals surface area contributed by atoms with Gasteiger partial charge in [0, 0.05) is 11.7 Å². The molecule has 5 nitrogen and oxygen atoms in total. The highest BCUT2D eigenvalue weighted by molar-refractivity contribution is 8.00. The lowest BCUT2D eigenvalue weighted by atomic mass is 9.95. The van der Waals surface area contributed by atoms with Crippen LogP contribution in [0.25, 0.3) is 0 Å². The first kappa shape index (κ1) is 12.8. The molecule has 0 aromatic rings. The molecule has 100 valence electrons. The molecule has 0 bridgehead atoms. The third-order valence-electron chi connectivity index (χ3n) is 4.63. The summed E-state index contributed by atoms with van der Waals surface area (Å²) in [5.41, 5.74) is 4.22. The number of fused-ring (bicyclic) bond motifs is 2. The molecule has 1 saturated carbocycles. The van der Waals surface area contributed by atoms with Crippen LogP contribution in [0.2, 0.25) is 0 Å². The molecule has 3 aliphatic rings. The van der Waals surface area contributed by atoms with Crippen LogP contribution < -0.4 is 5.73 Å². The summed E-state index contributed by atoms with van der Waals surface area (Å²) in [5, 5.41) is 18.4. The Hall–Kier alpha value is -1.24. The molecular weight excluding hydrogens is 260 g/mol. The number of hydrogen-bond donors (Lipinski definition) is 1. The van der Waals surface area contributed by atoms with Gasteiger partial charge in [-0.25, -0.2) is 4.99 Å². The monoisotopic (exact) mass is 276 g/mol. The number of ether oxygens (including phenoxy) is 1. The predicted octanol–water partition coefficient (Wildman–Crippen LogP) is 1.61. The van der Waals surface area contributed by atoms with Crippen molar-refractivity contribution in [1.29, 1.82) is 10.5 Å². The first-order chi connectivity index (χ1) is 9.15. The molecule has 0 aromatic heterocycles. The molecule has 6 heteroatoms. The standard InChI is InChI=1S/C13H16N4OS/c1-2-3-4-9-11(7-14)10(16)17-13(12(9,11)8-15)18-5-6-19-13/h9H,2-6H2,1H3,(H2,16,17)/t9-,11-,12-,13-/m1/s1. The van der Waals surface area contributed by atoms with E-state index in [1.165, 1.54) is 11.8 Å². The van der Waals surface area contributed by atoms with E-state index >= 15 is 0 Å². The van der Waals surface area contributed by atoms with Crippen molar-refractivity contribution < 1.29 is 4.74 Å². The highest BCUT2D eigenvalue weighted by Crippen LogP contribution is 2.81. The molecule has 1 spiro atoms. The summed E-state index contributed by atoms with van der Waals surface area (Å²) in [6.07, 6.45) is 2.86. The molecule has 2 aliphatic heterocycles. The van der Waals surface area contributed by atoms with E-state index in [1.807, 2.05) is 0 Å². The quantitative estimate of drug-likeness (QED) is 0.845. The number of rotatable bonds is 3. The lowest BCUT2D eigenvalue weighted by Gasteiger charge is -2.26. The van der Waals surface area contributed by atoms with Crippen LogP contribution in [0.5, 0.6) is 0 Å². The molecule has 4 atom stereocenters. The summed E-state index contributed by atoms with van der Waals surface area (Å²) in [4.78, 5) is 4.38. The molecular formula is C13H16N4OS. The van der Waals surface area contributed by atoms with E-state index in [9.17, 15) is 10.5 Å². The molecule has 0 unspecified atom stereocenters. The van der Waals surface area contributed by atoms with E-state index in [4.69, 9.17) is 10.5 Å². The fourth-order valence-corrected chi connectivity index (χ4v) is 5.08. The maximum atomic E-state index is 9.75. The van der Waals surface area contributed by atoms with Crippen molar-refractivity contribution in [2.75, 3.05) is 12.4 Å². The first-order valence-electron chi connectivity index (χ1n) is 6.61. The highest BCUT2D eigenvalue weighted by atomic mass is 32.2. The summed E-state index contributed by atoms with van der Waals surface area (Å²) in [6, 6.07) is 4.66. The van der Waals surface area contributed by atoms with E-state index in [2.05, 4.69) is 24.1 Å². The van der Waals surface area contributed by atoms with Crippen molar-refractivity contribution in [3.63, 3.8) is 0 Å². The van der Waals surface area contributed by atoms with Crippen LogP contribution in [-0.2, 0) is 4.74 Å². The van der Waals surface area contributed by atoms with Crippen LogP contribution in [0, 0.1) is 39.4 Å². The van der Waals surface area contributed by atoms with Gasteiger partial charge in [0.05, 0.1) is 18.7 Å². The van der Waals surface area contributed by atoms with Crippen LogP contribution in [0.1, 0.15) is 26.2 Å². The van der Waals surface area contributed by atoms with Crippen LogP contribution in [0.15, 0.2) is 4.99 Å². The molecule has 19 heavy (non-hydrogen) atoms. The number of amidine groups is 1. The van der Waals surface area contributed by atoms with Gasteiger partial charge in [0.25, 0.3) is 0 Å². The molecule has 2 fully saturated rings. The molecule has 1 saturated heterocycles. The molecule has 2 N–H and O–H groups in total. The van der Waals surface area contributed by atoms with Crippen LogP contribution >= 0.6 is 11.8 Å². The van der Waals surface area contributed by atoms with Crippen LogP contribution in [-0.4, -0.2) is 23.3 Å². The second-order valence-electron chi connectivity index (χ2n) is 5.31. The molecule has 2 heterocycles. The fourth-order valence-electron chi connectivity index (χ4n) is 3.73. The normalized spacial score (nSPS) is 46.5. The van der Waals surface area contributed by atoms with E-state index in [0.29, 0.717) is 12.4 Å². The third-order valence-corrected chi connectivity index (χ3v) is 5.93. The Morgan fingerprint density at radius 3 is 2.84 bits per heavy atom.